The molecule has 1 saturated heterocycles. The average Bonchev–Trinajstić information content (AvgIpc) is 2.80. The first-order valence-corrected chi connectivity index (χ1v) is 7.63. The topological polar surface area (TPSA) is 46.5 Å². The first-order chi connectivity index (χ1) is 10.0. The van der Waals surface area contributed by atoms with E-state index in [4.69, 9.17) is 4.74 Å². The third-order valence-electron chi connectivity index (χ3n) is 4.17. The highest BCUT2D eigenvalue weighted by Gasteiger charge is 2.28. The van der Waals surface area contributed by atoms with E-state index >= 15 is 0 Å². The molecule has 1 aliphatic rings. The molecule has 0 unspecified atom stereocenters. The summed E-state index contributed by atoms with van der Waals surface area (Å²) in [5, 5.41) is 1.04. The van der Waals surface area contributed by atoms with Crippen LogP contribution in [0.1, 0.15) is 29.8 Å². The minimum atomic E-state index is 0.211. The van der Waals surface area contributed by atoms with Gasteiger partial charge in [-0.15, -0.1) is 0 Å². The van der Waals surface area contributed by atoms with Crippen LogP contribution in [0.5, 0.6) is 0 Å². The molecule has 0 radical (unpaired) electrons. The Balaban J connectivity index is 1.79. The van der Waals surface area contributed by atoms with Crippen LogP contribution in [0, 0.1) is 6.92 Å². The van der Waals surface area contributed by atoms with Crippen LogP contribution in [0.3, 0.4) is 0 Å². The number of hydrogen-bond acceptors (Lipinski definition) is 2. The summed E-state index contributed by atoms with van der Waals surface area (Å²) in [5.74, 6) is 0.211. The normalized spacial score (nSPS) is 26.1. The van der Waals surface area contributed by atoms with E-state index in [0.717, 1.165) is 29.6 Å². The second-order valence-corrected chi connectivity index (χ2v) is 6.27. The first kappa shape index (κ1) is 14.3. The summed E-state index contributed by atoms with van der Waals surface area (Å²) in [7, 11) is 0. The largest absolute Gasteiger partial charge is 0.364 e. The third kappa shape index (κ3) is 3.01. The van der Waals surface area contributed by atoms with Crippen molar-refractivity contribution in [3.05, 3.63) is 35.5 Å². The Labute approximate surface area is 125 Å². The second-order valence-electron chi connectivity index (χ2n) is 6.27. The van der Waals surface area contributed by atoms with E-state index in [-0.39, 0.29) is 18.0 Å². The number of fused-ring (bicyclic) bond motifs is 1. The number of ether oxygens (including phenoxy) is 1. The molecule has 2 aromatic rings. The van der Waals surface area contributed by atoms with Gasteiger partial charge in [-0.2, -0.15) is 0 Å². The predicted octanol–water partition coefficient (Wildman–Crippen LogP) is 1.35. The third-order valence-corrected chi connectivity index (χ3v) is 4.17. The lowest BCUT2D eigenvalue weighted by atomic mass is 10.1. The van der Waals surface area contributed by atoms with Crippen molar-refractivity contribution in [3.8, 4) is 0 Å². The fourth-order valence-corrected chi connectivity index (χ4v) is 3.32. The Morgan fingerprint density at radius 3 is 2.76 bits per heavy atom. The van der Waals surface area contributed by atoms with Crippen molar-refractivity contribution in [1.29, 1.82) is 0 Å². The molecule has 0 aliphatic carbocycles. The molecule has 0 saturated carbocycles. The summed E-state index contributed by atoms with van der Waals surface area (Å²) in [4.78, 5) is 17.1. The van der Waals surface area contributed by atoms with Crippen molar-refractivity contribution in [1.82, 2.24) is 4.98 Å². The lowest BCUT2D eigenvalue weighted by Gasteiger charge is -2.31. The average molecular weight is 287 g/mol. The van der Waals surface area contributed by atoms with Gasteiger partial charge in [0.25, 0.3) is 0 Å². The van der Waals surface area contributed by atoms with Crippen LogP contribution >= 0.6 is 0 Å². The number of benzene rings is 1. The summed E-state index contributed by atoms with van der Waals surface area (Å²) in [6.45, 7) is 8.55. The zero-order valence-electron chi connectivity index (χ0n) is 12.9. The molecular weight excluding hydrogens is 264 g/mol. The summed E-state index contributed by atoms with van der Waals surface area (Å²) >= 11 is 0. The van der Waals surface area contributed by atoms with Crippen LogP contribution in [0.4, 0.5) is 0 Å². The van der Waals surface area contributed by atoms with Crippen molar-refractivity contribution in [2.24, 2.45) is 0 Å². The summed E-state index contributed by atoms with van der Waals surface area (Å²) in [5.41, 5.74) is 3.02. The van der Waals surface area contributed by atoms with Crippen LogP contribution in [-0.4, -0.2) is 42.6 Å². The van der Waals surface area contributed by atoms with E-state index in [9.17, 15) is 4.79 Å². The SMILES string of the molecule is Cc1ccc2[nH]cc(C(=O)C[NH+]3C[C@H](C)O[C@@H](C)C3)c2c1. The number of carbonyl (C=O) groups excluding carboxylic acids is 1. The Morgan fingerprint density at radius 2 is 2.05 bits per heavy atom. The summed E-state index contributed by atoms with van der Waals surface area (Å²) in [6.07, 6.45) is 2.29. The number of morpholine rings is 1. The molecule has 2 atom stereocenters. The van der Waals surface area contributed by atoms with Crippen LogP contribution in [0.2, 0.25) is 0 Å². The fourth-order valence-electron chi connectivity index (χ4n) is 3.32. The number of carbonyl (C=O) groups is 1. The molecule has 4 heteroatoms. The monoisotopic (exact) mass is 287 g/mol. The zero-order chi connectivity index (χ0) is 15.0. The number of Topliss-reactive ketones (excluding diaryl/α,β-unsaturated/α-hetero) is 1. The van der Waals surface area contributed by atoms with Gasteiger partial charge in [-0.1, -0.05) is 11.6 Å². The Bertz CT molecular complexity index is 652. The van der Waals surface area contributed by atoms with Gasteiger partial charge in [0.1, 0.15) is 31.8 Å². The maximum absolute atomic E-state index is 12.6. The van der Waals surface area contributed by atoms with Crippen molar-refractivity contribution >= 4 is 16.7 Å². The molecule has 4 nitrogen and oxygen atoms in total. The van der Waals surface area contributed by atoms with Crippen LogP contribution < -0.4 is 4.90 Å². The number of aromatic amines is 1. The fraction of sp³-hybridized carbons (Fsp3) is 0.471. The minimum Gasteiger partial charge on any atom is -0.364 e. The van der Waals surface area contributed by atoms with Crippen molar-refractivity contribution in [3.63, 3.8) is 0 Å². The molecule has 1 aliphatic heterocycles. The molecule has 1 fully saturated rings. The zero-order valence-corrected chi connectivity index (χ0v) is 12.9. The number of ketones is 1. The molecular formula is C17H23N2O2+. The number of quaternary nitrogens is 1. The van der Waals surface area contributed by atoms with Gasteiger partial charge in [0.2, 0.25) is 5.78 Å². The van der Waals surface area contributed by atoms with Gasteiger partial charge in [0, 0.05) is 22.7 Å². The molecule has 21 heavy (non-hydrogen) atoms. The number of aromatic nitrogens is 1. The smallest absolute Gasteiger partial charge is 0.219 e. The number of nitrogens with one attached hydrogen (secondary N) is 2. The highest BCUT2D eigenvalue weighted by atomic mass is 16.5. The van der Waals surface area contributed by atoms with Gasteiger partial charge in [-0.3, -0.25) is 4.79 Å². The predicted molar refractivity (Wildman–Crippen MR) is 82.9 cm³/mol. The standard InChI is InChI=1S/C17H22N2O2/c1-11-4-5-16-14(6-11)15(7-18-16)17(20)10-19-8-12(2)21-13(3)9-19/h4-7,12-13,18H,8-10H2,1-3H3/p+1/t12-,13-/m0/s1. The molecule has 0 bridgehead atoms. The maximum Gasteiger partial charge on any atom is 0.219 e. The van der Waals surface area contributed by atoms with E-state index < -0.39 is 0 Å². The lowest BCUT2D eigenvalue weighted by molar-refractivity contribution is -0.906. The van der Waals surface area contributed by atoms with Gasteiger partial charge in [0.05, 0.1) is 0 Å². The van der Waals surface area contributed by atoms with E-state index in [1.165, 1.54) is 10.5 Å². The van der Waals surface area contributed by atoms with Crippen LogP contribution in [-0.2, 0) is 4.74 Å². The maximum atomic E-state index is 12.6. The Kier molecular flexibility index (Phi) is 3.83. The van der Waals surface area contributed by atoms with Gasteiger partial charge >= 0.3 is 0 Å². The van der Waals surface area contributed by atoms with E-state index in [1.54, 1.807) is 0 Å². The highest BCUT2D eigenvalue weighted by Crippen LogP contribution is 2.19. The lowest BCUT2D eigenvalue weighted by Crippen LogP contribution is -3.16. The summed E-state index contributed by atoms with van der Waals surface area (Å²) < 4.78 is 5.74. The minimum absolute atomic E-state index is 0.211. The van der Waals surface area contributed by atoms with Crippen LogP contribution in [0.15, 0.2) is 24.4 Å². The molecule has 2 heterocycles. The number of H-pyrrole nitrogens is 1. The summed E-state index contributed by atoms with van der Waals surface area (Å²) in [6, 6.07) is 6.18. The Morgan fingerprint density at radius 1 is 1.33 bits per heavy atom. The molecule has 1 aromatic carbocycles. The van der Waals surface area contributed by atoms with Crippen molar-refractivity contribution in [2.75, 3.05) is 19.6 Å². The molecule has 3 rings (SSSR count). The number of hydrogen-bond donors (Lipinski definition) is 2. The second kappa shape index (κ2) is 5.62. The van der Waals surface area contributed by atoms with Gasteiger partial charge < -0.3 is 14.6 Å². The molecule has 1 aromatic heterocycles. The van der Waals surface area contributed by atoms with Crippen molar-refractivity contribution in [2.45, 2.75) is 33.0 Å². The Hall–Kier alpha value is -1.65. The first-order valence-electron chi connectivity index (χ1n) is 7.63. The quantitative estimate of drug-likeness (QED) is 0.837. The van der Waals surface area contributed by atoms with E-state index in [0.29, 0.717) is 6.54 Å². The number of aryl methyl sites for hydroxylation is 1. The highest BCUT2D eigenvalue weighted by molar-refractivity contribution is 6.08. The van der Waals surface area contributed by atoms with Gasteiger partial charge in [0.15, 0.2) is 0 Å². The van der Waals surface area contributed by atoms with E-state index in [1.807, 2.05) is 12.3 Å². The molecule has 112 valence electrons. The number of rotatable bonds is 3. The molecule has 2 N–H and O–H groups in total. The van der Waals surface area contributed by atoms with Gasteiger partial charge in [-0.05, 0) is 32.9 Å². The van der Waals surface area contributed by atoms with E-state index in [2.05, 4.69) is 37.9 Å². The molecule has 0 spiro atoms. The van der Waals surface area contributed by atoms with Gasteiger partial charge in [-0.25, -0.2) is 0 Å². The van der Waals surface area contributed by atoms with Crippen LogP contribution in [0.25, 0.3) is 10.9 Å². The molecule has 0 amide bonds. The van der Waals surface area contributed by atoms with Crippen molar-refractivity contribution < 1.29 is 14.4 Å².